The van der Waals surface area contributed by atoms with Crippen LogP contribution in [0, 0.1) is 5.82 Å². The molecule has 0 radical (unpaired) electrons. The van der Waals surface area contributed by atoms with Gasteiger partial charge in [-0.3, -0.25) is 14.5 Å². The number of alkyl halides is 3. The summed E-state index contributed by atoms with van der Waals surface area (Å²) < 4.78 is 52.8. The van der Waals surface area contributed by atoms with E-state index in [1.807, 2.05) is 0 Å². The smallest absolute Gasteiger partial charge is 0.340 e. The van der Waals surface area contributed by atoms with Crippen LogP contribution in [0.5, 0.6) is 0 Å². The van der Waals surface area contributed by atoms with Crippen molar-refractivity contribution in [1.29, 1.82) is 0 Å². The molecule has 2 aromatic rings. The number of nitrogens with one attached hydrogen (secondary N) is 1. The van der Waals surface area contributed by atoms with E-state index in [-0.39, 0.29) is 24.6 Å². The highest BCUT2D eigenvalue weighted by Crippen LogP contribution is 2.34. The zero-order valence-corrected chi connectivity index (χ0v) is 16.1. The van der Waals surface area contributed by atoms with Crippen LogP contribution < -0.4 is 5.32 Å². The van der Waals surface area contributed by atoms with Crippen molar-refractivity contribution >= 4 is 17.5 Å². The molecular weight excluding hydrogens is 402 g/mol. The van der Waals surface area contributed by atoms with Gasteiger partial charge < -0.3 is 10.2 Å². The fourth-order valence-electron chi connectivity index (χ4n) is 3.30. The lowest BCUT2D eigenvalue weighted by molar-refractivity contribution is -0.137. The van der Waals surface area contributed by atoms with E-state index < -0.39 is 23.5 Å². The number of amides is 2. The Balaban J connectivity index is 1.50. The highest BCUT2D eigenvalue weighted by molar-refractivity contribution is 5.93. The van der Waals surface area contributed by atoms with E-state index in [2.05, 4.69) is 5.32 Å². The molecule has 1 aliphatic heterocycles. The van der Waals surface area contributed by atoms with Crippen molar-refractivity contribution < 1.29 is 27.2 Å². The quantitative estimate of drug-likeness (QED) is 0.752. The standard InChI is InChI=1S/C21H21F4N3O2/c22-17-7-3-1-5-15(17)13-20(30)28-11-9-27(10-12-28)14-19(29)26-18-8-4-2-6-16(18)21(23,24)25/h1-8H,9-14H2,(H,26,29). The summed E-state index contributed by atoms with van der Waals surface area (Å²) in [5, 5.41) is 2.31. The lowest BCUT2D eigenvalue weighted by atomic mass is 10.1. The average molecular weight is 423 g/mol. The predicted molar refractivity (Wildman–Crippen MR) is 103 cm³/mol. The van der Waals surface area contributed by atoms with Gasteiger partial charge in [0.2, 0.25) is 11.8 Å². The van der Waals surface area contributed by atoms with Crippen molar-refractivity contribution in [2.45, 2.75) is 12.6 Å². The number of halogens is 4. The Morgan fingerprint density at radius 3 is 2.23 bits per heavy atom. The summed E-state index contributed by atoms with van der Waals surface area (Å²) >= 11 is 0. The summed E-state index contributed by atoms with van der Waals surface area (Å²) in [6, 6.07) is 10.9. The number of carbonyl (C=O) groups is 2. The zero-order valence-electron chi connectivity index (χ0n) is 16.1. The molecule has 1 heterocycles. The SMILES string of the molecule is O=C(CN1CCN(C(=O)Cc2ccccc2F)CC1)Nc1ccccc1C(F)(F)F. The fraction of sp³-hybridized carbons (Fsp3) is 0.333. The Bertz CT molecular complexity index is 909. The van der Waals surface area contributed by atoms with Crippen LogP contribution in [0.4, 0.5) is 23.2 Å². The first kappa shape index (κ1) is 21.8. The third-order valence-corrected chi connectivity index (χ3v) is 4.90. The van der Waals surface area contributed by atoms with Gasteiger partial charge in [-0.2, -0.15) is 13.2 Å². The third kappa shape index (κ3) is 5.56. The summed E-state index contributed by atoms with van der Waals surface area (Å²) in [5.41, 5.74) is -0.858. The molecule has 2 aromatic carbocycles. The number of rotatable bonds is 5. The number of carbonyl (C=O) groups excluding carboxylic acids is 2. The zero-order chi connectivity index (χ0) is 21.7. The van der Waals surface area contributed by atoms with Gasteiger partial charge in [0, 0.05) is 26.2 Å². The van der Waals surface area contributed by atoms with E-state index >= 15 is 0 Å². The van der Waals surface area contributed by atoms with Crippen LogP contribution in [-0.2, 0) is 22.2 Å². The van der Waals surface area contributed by atoms with E-state index in [0.29, 0.717) is 31.7 Å². The van der Waals surface area contributed by atoms with Crippen LogP contribution in [0.15, 0.2) is 48.5 Å². The van der Waals surface area contributed by atoms with Gasteiger partial charge in [-0.25, -0.2) is 4.39 Å². The monoisotopic (exact) mass is 423 g/mol. The number of hydrogen-bond donors (Lipinski definition) is 1. The Morgan fingerprint density at radius 1 is 0.933 bits per heavy atom. The van der Waals surface area contributed by atoms with Gasteiger partial charge in [-0.15, -0.1) is 0 Å². The van der Waals surface area contributed by atoms with Crippen molar-refractivity contribution in [3.05, 3.63) is 65.5 Å². The minimum atomic E-state index is -4.56. The largest absolute Gasteiger partial charge is 0.418 e. The number of para-hydroxylation sites is 1. The Labute approximate surface area is 171 Å². The first-order chi connectivity index (χ1) is 14.2. The highest BCUT2D eigenvalue weighted by Gasteiger charge is 2.33. The molecule has 5 nitrogen and oxygen atoms in total. The second-order valence-corrected chi connectivity index (χ2v) is 7.02. The predicted octanol–water partition coefficient (Wildman–Crippen LogP) is 3.17. The van der Waals surface area contributed by atoms with E-state index in [9.17, 15) is 27.2 Å². The molecule has 0 aliphatic carbocycles. The number of piperazine rings is 1. The second kappa shape index (κ2) is 9.25. The summed E-state index contributed by atoms with van der Waals surface area (Å²) in [6.45, 7) is 1.44. The number of benzene rings is 2. The van der Waals surface area contributed by atoms with Gasteiger partial charge in [0.05, 0.1) is 24.2 Å². The van der Waals surface area contributed by atoms with E-state index in [1.54, 1.807) is 28.0 Å². The molecule has 0 saturated carbocycles. The summed E-state index contributed by atoms with van der Waals surface area (Å²) in [4.78, 5) is 27.9. The Morgan fingerprint density at radius 2 is 1.57 bits per heavy atom. The van der Waals surface area contributed by atoms with Gasteiger partial charge in [0.15, 0.2) is 0 Å². The van der Waals surface area contributed by atoms with Gasteiger partial charge in [0.1, 0.15) is 5.82 Å². The van der Waals surface area contributed by atoms with Gasteiger partial charge >= 0.3 is 6.18 Å². The maximum absolute atomic E-state index is 13.7. The molecule has 2 amide bonds. The molecule has 0 bridgehead atoms. The molecule has 3 rings (SSSR count). The van der Waals surface area contributed by atoms with Crippen molar-refractivity contribution in [3.8, 4) is 0 Å². The van der Waals surface area contributed by atoms with E-state index in [1.165, 1.54) is 24.3 Å². The van der Waals surface area contributed by atoms with Crippen molar-refractivity contribution in [1.82, 2.24) is 9.80 Å². The second-order valence-electron chi connectivity index (χ2n) is 7.02. The average Bonchev–Trinajstić information content (AvgIpc) is 2.70. The number of anilines is 1. The third-order valence-electron chi connectivity index (χ3n) is 4.90. The normalized spacial score (nSPS) is 15.1. The van der Waals surface area contributed by atoms with Gasteiger partial charge in [0.25, 0.3) is 0 Å². The summed E-state index contributed by atoms with van der Waals surface area (Å²) in [7, 11) is 0. The molecule has 1 fully saturated rings. The summed E-state index contributed by atoms with van der Waals surface area (Å²) in [5.74, 6) is -1.19. The van der Waals surface area contributed by atoms with Crippen molar-refractivity contribution in [2.75, 3.05) is 38.0 Å². The van der Waals surface area contributed by atoms with Crippen LogP contribution in [0.25, 0.3) is 0 Å². The van der Waals surface area contributed by atoms with Crippen LogP contribution in [0.1, 0.15) is 11.1 Å². The Hall–Kier alpha value is -2.94. The molecule has 30 heavy (non-hydrogen) atoms. The van der Waals surface area contributed by atoms with Crippen LogP contribution in [0.2, 0.25) is 0 Å². The molecule has 160 valence electrons. The molecular formula is C21H21F4N3O2. The van der Waals surface area contributed by atoms with Gasteiger partial charge in [-0.05, 0) is 23.8 Å². The maximum Gasteiger partial charge on any atom is 0.418 e. The molecule has 0 aromatic heterocycles. The van der Waals surface area contributed by atoms with Crippen molar-refractivity contribution in [3.63, 3.8) is 0 Å². The molecule has 9 heteroatoms. The topological polar surface area (TPSA) is 52.7 Å². The highest BCUT2D eigenvalue weighted by atomic mass is 19.4. The van der Waals surface area contributed by atoms with E-state index in [0.717, 1.165) is 6.07 Å². The minimum absolute atomic E-state index is 0.0403. The Kier molecular flexibility index (Phi) is 6.71. The minimum Gasteiger partial charge on any atom is -0.340 e. The van der Waals surface area contributed by atoms with Gasteiger partial charge in [-0.1, -0.05) is 30.3 Å². The lowest BCUT2D eigenvalue weighted by Crippen LogP contribution is -2.50. The lowest BCUT2D eigenvalue weighted by Gasteiger charge is -2.34. The van der Waals surface area contributed by atoms with Crippen LogP contribution in [-0.4, -0.2) is 54.3 Å². The first-order valence-electron chi connectivity index (χ1n) is 9.43. The molecule has 0 atom stereocenters. The molecule has 1 N–H and O–H groups in total. The molecule has 1 aliphatic rings. The van der Waals surface area contributed by atoms with Crippen LogP contribution in [0.3, 0.4) is 0 Å². The first-order valence-corrected chi connectivity index (χ1v) is 9.43. The molecule has 0 spiro atoms. The maximum atomic E-state index is 13.7. The van der Waals surface area contributed by atoms with Crippen molar-refractivity contribution in [2.24, 2.45) is 0 Å². The fourth-order valence-corrected chi connectivity index (χ4v) is 3.30. The summed E-state index contributed by atoms with van der Waals surface area (Å²) in [6.07, 6.45) is -4.60. The van der Waals surface area contributed by atoms with E-state index in [4.69, 9.17) is 0 Å². The number of nitrogens with zero attached hydrogens (tertiary/aromatic N) is 2. The number of hydrogen-bond acceptors (Lipinski definition) is 3. The van der Waals surface area contributed by atoms with Crippen LogP contribution >= 0.6 is 0 Å². The molecule has 0 unspecified atom stereocenters. The molecule has 1 saturated heterocycles.